The predicted molar refractivity (Wildman–Crippen MR) is 173 cm³/mol. The predicted octanol–water partition coefficient (Wildman–Crippen LogP) is 4.29. The van der Waals surface area contributed by atoms with Crippen LogP contribution in [-0.4, -0.2) is 78.9 Å². The van der Waals surface area contributed by atoms with E-state index < -0.39 is 35.6 Å². The zero-order chi connectivity index (χ0) is 35.9. The summed E-state index contributed by atoms with van der Waals surface area (Å²) < 4.78 is 59.7. The van der Waals surface area contributed by atoms with Crippen molar-refractivity contribution in [1.82, 2.24) is 20.0 Å². The first kappa shape index (κ1) is 33.8. The molecule has 1 atom stereocenters. The number of nitrogens with zero attached hydrogens (tertiary/aromatic N) is 4. The van der Waals surface area contributed by atoms with Crippen LogP contribution < -0.4 is 29.7 Å². The van der Waals surface area contributed by atoms with Crippen molar-refractivity contribution in [3.05, 3.63) is 88.7 Å². The Morgan fingerprint density at radius 1 is 1.00 bits per heavy atom. The van der Waals surface area contributed by atoms with Crippen molar-refractivity contribution in [3.8, 4) is 22.9 Å². The quantitative estimate of drug-likeness (QED) is 0.279. The molecule has 3 heterocycles. The van der Waals surface area contributed by atoms with Crippen molar-refractivity contribution in [3.63, 3.8) is 0 Å². The molecule has 0 spiro atoms. The van der Waals surface area contributed by atoms with Crippen LogP contribution in [0.3, 0.4) is 0 Å². The van der Waals surface area contributed by atoms with Crippen molar-refractivity contribution in [2.75, 3.05) is 44.8 Å². The highest BCUT2D eigenvalue weighted by molar-refractivity contribution is 6.09. The van der Waals surface area contributed by atoms with E-state index in [0.29, 0.717) is 28.4 Å². The largest absolute Gasteiger partial charge is 0.497 e. The molecule has 4 aromatic rings. The molecule has 0 saturated carbocycles. The van der Waals surface area contributed by atoms with Gasteiger partial charge in [-0.2, -0.15) is 18.3 Å². The highest BCUT2D eigenvalue weighted by atomic mass is 19.4. The van der Waals surface area contributed by atoms with Crippen LogP contribution in [0.1, 0.15) is 49.4 Å². The van der Waals surface area contributed by atoms with Gasteiger partial charge in [-0.25, -0.2) is 4.68 Å². The third-order valence-corrected chi connectivity index (χ3v) is 8.17. The van der Waals surface area contributed by atoms with Gasteiger partial charge in [-0.3, -0.25) is 19.2 Å². The Morgan fingerprint density at radius 3 is 2.40 bits per heavy atom. The first-order chi connectivity index (χ1) is 23.8. The van der Waals surface area contributed by atoms with Gasteiger partial charge in [0.25, 0.3) is 17.7 Å². The fourth-order valence-electron chi connectivity index (χ4n) is 5.62. The second-order valence-corrected chi connectivity index (χ2v) is 11.7. The smallest absolute Gasteiger partial charge is 0.435 e. The number of anilines is 2. The molecule has 50 heavy (non-hydrogen) atoms. The fraction of sp³-hybridized carbons (Fsp3) is 0.265. The lowest BCUT2D eigenvalue weighted by Gasteiger charge is -2.28. The number of methoxy groups -OCH3 is 1. The molecule has 260 valence electrons. The molecule has 0 bridgehead atoms. The molecule has 1 aromatic heterocycles. The number of aromatic nitrogens is 2. The zero-order valence-corrected chi connectivity index (χ0v) is 27.3. The third-order valence-electron chi connectivity index (χ3n) is 8.17. The summed E-state index contributed by atoms with van der Waals surface area (Å²) in [5.41, 5.74) is -1.23. The summed E-state index contributed by atoms with van der Waals surface area (Å²) in [7, 11) is 4.53. The van der Waals surface area contributed by atoms with Crippen LogP contribution in [0.15, 0.2) is 60.7 Å². The number of halogens is 3. The molecule has 0 radical (unpaired) electrons. The molecular weight excluding hydrogens is 661 g/mol. The van der Waals surface area contributed by atoms with Crippen molar-refractivity contribution >= 4 is 35.0 Å². The maximum Gasteiger partial charge on any atom is 0.435 e. The number of amides is 4. The van der Waals surface area contributed by atoms with Crippen LogP contribution >= 0.6 is 0 Å². The lowest BCUT2D eigenvalue weighted by Crippen LogP contribution is -2.42. The van der Waals surface area contributed by atoms with E-state index in [1.165, 1.54) is 66.3 Å². The van der Waals surface area contributed by atoms with Crippen LogP contribution in [0, 0.1) is 0 Å². The Balaban J connectivity index is 1.33. The van der Waals surface area contributed by atoms with Gasteiger partial charge >= 0.3 is 6.18 Å². The average molecular weight is 693 g/mol. The zero-order valence-electron chi connectivity index (χ0n) is 27.3. The Bertz CT molecular complexity index is 2010. The molecular formula is C34H31F3N6O7. The number of fused-ring (bicyclic) bond motifs is 2. The number of carbonyl (C=O) groups is 4. The highest BCUT2D eigenvalue weighted by Gasteiger charge is 2.44. The molecule has 4 amide bonds. The minimum atomic E-state index is -4.91. The van der Waals surface area contributed by atoms with E-state index in [1.807, 2.05) is 0 Å². The van der Waals surface area contributed by atoms with E-state index in [4.69, 9.17) is 14.2 Å². The number of nitrogens with one attached hydrogen (secondary N) is 2. The van der Waals surface area contributed by atoms with Crippen molar-refractivity contribution in [2.24, 2.45) is 0 Å². The SMILES string of the molecule is COc1ccc(-n2nc(C(F)(F)F)c3c2C(=O)N(c2ccc(C(=O)N(C)C)cc2)CC3)c(C(=O)N[C@@H](C)C(=O)Nc2ccc3c(c2)OCO3)c1. The van der Waals surface area contributed by atoms with E-state index in [0.717, 1.165) is 4.68 Å². The number of carbonyl (C=O) groups excluding carboxylic acids is 4. The van der Waals surface area contributed by atoms with Gasteiger partial charge in [-0.15, -0.1) is 0 Å². The van der Waals surface area contributed by atoms with Gasteiger partial charge < -0.3 is 34.6 Å². The fourth-order valence-corrected chi connectivity index (χ4v) is 5.62. The van der Waals surface area contributed by atoms with Crippen molar-refractivity contribution < 1.29 is 46.6 Å². The van der Waals surface area contributed by atoms with Crippen LogP contribution in [0.25, 0.3) is 5.69 Å². The Morgan fingerprint density at radius 2 is 1.72 bits per heavy atom. The van der Waals surface area contributed by atoms with E-state index in [1.54, 1.807) is 32.3 Å². The maximum absolute atomic E-state index is 14.3. The lowest BCUT2D eigenvalue weighted by molar-refractivity contribution is -0.142. The summed E-state index contributed by atoms with van der Waals surface area (Å²) in [4.78, 5) is 55.8. The second kappa shape index (κ2) is 13.1. The van der Waals surface area contributed by atoms with E-state index in [9.17, 15) is 32.3 Å². The highest BCUT2D eigenvalue weighted by Crippen LogP contribution is 2.38. The standard InChI is InChI=1S/C34H31F3N6O7/c1-18(30(44)39-20-7-12-26-27(15-20)50-17-49-26)38-31(45)24-16-22(48-4)10-11-25(24)43-28-23(29(40-43)34(35,36)37)13-14-42(33(28)47)21-8-5-19(6-9-21)32(46)41(2)3/h5-12,15-16,18H,13-14,17H2,1-4H3,(H,38,45)(H,39,44)/t18-/m0/s1. The molecule has 0 unspecified atom stereocenters. The minimum absolute atomic E-state index is 0.0436. The van der Waals surface area contributed by atoms with Crippen molar-refractivity contribution in [2.45, 2.75) is 25.6 Å². The maximum atomic E-state index is 14.3. The number of alkyl halides is 3. The minimum Gasteiger partial charge on any atom is -0.497 e. The normalized spacial score (nSPS) is 14.1. The van der Waals surface area contributed by atoms with Gasteiger partial charge in [0.2, 0.25) is 12.7 Å². The molecule has 3 aromatic carbocycles. The van der Waals surface area contributed by atoms with Crippen LogP contribution in [0.2, 0.25) is 0 Å². The molecule has 2 N–H and O–H groups in total. The van der Waals surface area contributed by atoms with E-state index >= 15 is 0 Å². The van der Waals surface area contributed by atoms with Crippen LogP contribution in [0.4, 0.5) is 24.5 Å². The second-order valence-electron chi connectivity index (χ2n) is 11.7. The molecule has 0 saturated heterocycles. The summed E-state index contributed by atoms with van der Waals surface area (Å²) in [6.45, 7) is 1.38. The van der Waals surface area contributed by atoms with Gasteiger partial charge in [0, 0.05) is 49.2 Å². The molecule has 0 fully saturated rings. The van der Waals surface area contributed by atoms with Gasteiger partial charge in [0.15, 0.2) is 17.2 Å². The van der Waals surface area contributed by atoms with Crippen LogP contribution in [0.5, 0.6) is 17.2 Å². The number of rotatable bonds is 8. The first-order valence-electron chi connectivity index (χ1n) is 15.3. The van der Waals surface area contributed by atoms with Gasteiger partial charge in [-0.1, -0.05) is 0 Å². The van der Waals surface area contributed by atoms with Gasteiger partial charge in [0.1, 0.15) is 17.5 Å². The van der Waals surface area contributed by atoms with Gasteiger partial charge in [0.05, 0.1) is 18.4 Å². The van der Waals surface area contributed by atoms with E-state index in [-0.39, 0.29) is 53.9 Å². The monoisotopic (exact) mass is 692 g/mol. The third kappa shape index (κ3) is 6.38. The summed E-state index contributed by atoms with van der Waals surface area (Å²) >= 11 is 0. The molecule has 6 rings (SSSR count). The van der Waals surface area contributed by atoms with E-state index in [2.05, 4.69) is 15.7 Å². The Labute approximate surface area is 283 Å². The lowest BCUT2D eigenvalue weighted by atomic mass is 10.0. The number of ether oxygens (including phenoxy) is 3. The topological polar surface area (TPSA) is 144 Å². The Kier molecular flexibility index (Phi) is 8.86. The Hall–Kier alpha value is -6.06. The molecule has 2 aliphatic heterocycles. The summed E-state index contributed by atoms with van der Waals surface area (Å²) in [5.74, 6) is -1.35. The molecule has 0 aliphatic carbocycles. The first-order valence-corrected chi connectivity index (χ1v) is 15.3. The summed E-state index contributed by atoms with van der Waals surface area (Å²) in [5, 5.41) is 9.07. The summed E-state index contributed by atoms with van der Waals surface area (Å²) in [6.07, 6.45) is -5.11. The molecule has 13 nitrogen and oxygen atoms in total. The number of benzene rings is 3. The average Bonchev–Trinajstić information content (AvgIpc) is 3.73. The summed E-state index contributed by atoms with van der Waals surface area (Å²) in [6, 6.07) is 13.8. The van der Waals surface area contributed by atoms with Crippen molar-refractivity contribution in [1.29, 1.82) is 0 Å². The molecule has 2 aliphatic rings. The van der Waals surface area contributed by atoms with Crippen LogP contribution in [-0.2, 0) is 17.4 Å². The van der Waals surface area contributed by atoms with Gasteiger partial charge in [-0.05, 0) is 67.9 Å². The number of hydrogen-bond acceptors (Lipinski definition) is 8. The molecule has 16 heteroatoms. The number of hydrogen-bond donors (Lipinski definition) is 2.